The highest BCUT2D eigenvalue weighted by Crippen LogP contribution is 2.30. The van der Waals surface area contributed by atoms with Crippen LogP contribution in [-0.4, -0.2) is 46.2 Å². The first kappa shape index (κ1) is 17.2. The third-order valence-electron chi connectivity index (χ3n) is 5.02. The molecule has 3 heterocycles. The van der Waals surface area contributed by atoms with Gasteiger partial charge in [-0.25, -0.2) is 8.42 Å². The summed E-state index contributed by atoms with van der Waals surface area (Å²) in [6, 6.07) is 4.84. The summed E-state index contributed by atoms with van der Waals surface area (Å²) in [5.41, 5.74) is 1.58. The number of nitrogens with zero attached hydrogens (tertiary/aromatic N) is 4. The summed E-state index contributed by atoms with van der Waals surface area (Å²) in [7, 11) is -3.60. The number of carbonyl (C=O) groups is 1. The van der Waals surface area contributed by atoms with E-state index in [4.69, 9.17) is 0 Å². The van der Waals surface area contributed by atoms with Crippen LogP contribution in [0.5, 0.6) is 0 Å². The molecule has 2 aliphatic rings. The van der Waals surface area contributed by atoms with Crippen LogP contribution in [0.3, 0.4) is 0 Å². The van der Waals surface area contributed by atoms with Crippen LogP contribution in [0.1, 0.15) is 31.2 Å². The molecule has 26 heavy (non-hydrogen) atoms. The van der Waals surface area contributed by atoms with Crippen molar-refractivity contribution >= 4 is 21.6 Å². The van der Waals surface area contributed by atoms with Crippen molar-refractivity contribution in [3.05, 3.63) is 36.2 Å². The molecule has 0 radical (unpaired) electrons. The van der Waals surface area contributed by atoms with Gasteiger partial charge in [0.15, 0.2) is 0 Å². The van der Waals surface area contributed by atoms with E-state index in [9.17, 15) is 13.2 Å². The average Bonchev–Trinajstić information content (AvgIpc) is 3.14. The molecule has 1 aromatic heterocycles. The first-order valence-electron chi connectivity index (χ1n) is 8.83. The molecular weight excluding hydrogens is 354 g/mol. The highest BCUT2D eigenvalue weighted by Gasteiger charge is 2.34. The van der Waals surface area contributed by atoms with Crippen molar-refractivity contribution in [3.8, 4) is 0 Å². The number of benzene rings is 1. The monoisotopic (exact) mass is 375 g/mol. The highest BCUT2D eigenvalue weighted by atomic mass is 32.2. The van der Waals surface area contributed by atoms with E-state index in [1.54, 1.807) is 39.6 Å². The van der Waals surface area contributed by atoms with E-state index >= 15 is 0 Å². The van der Waals surface area contributed by atoms with Gasteiger partial charge in [0.25, 0.3) is 0 Å². The lowest BCUT2D eigenvalue weighted by Gasteiger charge is -2.34. The number of nitrogens with one attached hydrogen (secondary N) is 1. The van der Waals surface area contributed by atoms with Crippen LogP contribution in [0, 0.1) is 0 Å². The third kappa shape index (κ3) is 3.24. The number of aromatic nitrogens is 3. The van der Waals surface area contributed by atoms with Crippen molar-refractivity contribution in [2.45, 2.75) is 49.6 Å². The molecule has 1 N–H and O–H groups in total. The summed E-state index contributed by atoms with van der Waals surface area (Å²) in [5, 5.41) is 10.6. The van der Waals surface area contributed by atoms with E-state index in [1.807, 2.05) is 0 Å². The maximum Gasteiger partial charge on any atom is 0.243 e. The highest BCUT2D eigenvalue weighted by molar-refractivity contribution is 7.89. The fraction of sp³-hybridized carbons (Fsp3) is 0.471. The lowest BCUT2D eigenvalue weighted by atomic mass is 10.0. The Bertz CT molecular complexity index is 910. The van der Waals surface area contributed by atoms with Gasteiger partial charge in [-0.05, 0) is 43.0 Å². The molecule has 138 valence electrons. The maximum absolute atomic E-state index is 13.3. The number of fused-ring (bicyclic) bond motifs is 1. The molecule has 0 bridgehead atoms. The van der Waals surface area contributed by atoms with Gasteiger partial charge in [-0.3, -0.25) is 9.48 Å². The Kier molecular flexibility index (Phi) is 4.49. The minimum atomic E-state index is -3.60. The van der Waals surface area contributed by atoms with Crippen molar-refractivity contribution in [2.24, 2.45) is 0 Å². The van der Waals surface area contributed by atoms with Crippen LogP contribution in [0.4, 0.5) is 5.69 Å². The summed E-state index contributed by atoms with van der Waals surface area (Å²) < 4.78 is 29.8. The van der Waals surface area contributed by atoms with Crippen LogP contribution in [0.2, 0.25) is 0 Å². The smallest absolute Gasteiger partial charge is 0.243 e. The SMILES string of the molecule is O=C1CCc2cc(S(=O)(=O)N3CCCC[C@@H]3Cn3ccnn3)ccc2N1. The van der Waals surface area contributed by atoms with Crippen LogP contribution < -0.4 is 5.32 Å². The van der Waals surface area contributed by atoms with Gasteiger partial charge in [0, 0.05) is 30.9 Å². The van der Waals surface area contributed by atoms with Crippen LogP contribution >= 0.6 is 0 Å². The first-order chi connectivity index (χ1) is 12.5. The van der Waals surface area contributed by atoms with E-state index in [1.165, 1.54) is 0 Å². The number of piperidine rings is 1. The summed E-state index contributed by atoms with van der Waals surface area (Å²) in [5.74, 6) is -0.0305. The zero-order chi connectivity index (χ0) is 18.1. The van der Waals surface area contributed by atoms with E-state index in [0.29, 0.717) is 31.6 Å². The summed E-state index contributed by atoms with van der Waals surface area (Å²) in [6.45, 7) is 1.01. The zero-order valence-electron chi connectivity index (χ0n) is 14.3. The second-order valence-corrected chi connectivity index (χ2v) is 8.65. The maximum atomic E-state index is 13.3. The van der Waals surface area contributed by atoms with Gasteiger partial charge >= 0.3 is 0 Å². The zero-order valence-corrected chi connectivity index (χ0v) is 15.2. The normalized spacial score (nSPS) is 21.2. The van der Waals surface area contributed by atoms with Gasteiger partial charge < -0.3 is 5.32 Å². The molecule has 1 amide bonds. The molecule has 0 aliphatic carbocycles. The van der Waals surface area contributed by atoms with E-state index < -0.39 is 10.0 Å². The summed E-state index contributed by atoms with van der Waals surface area (Å²) in [6.07, 6.45) is 6.96. The molecule has 4 rings (SSSR count). The molecule has 0 spiro atoms. The molecule has 1 aromatic carbocycles. The lowest BCUT2D eigenvalue weighted by molar-refractivity contribution is -0.116. The number of anilines is 1. The largest absolute Gasteiger partial charge is 0.326 e. The Morgan fingerprint density at radius 3 is 2.92 bits per heavy atom. The summed E-state index contributed by atoms with van der Waals surface area (Å²) >= 11 is 0. The van der Waals surface area contributed by atoms with Crippen molar-refractivity contribution in [1.29, 1.82) is 0 Å². The predicted molar refractivity (Wildman–Crippen MR) is 94.9 cm³/mol. The molecule has 1 saturated heterocycles. The molecule has 9 heteroatoms. The topological polar surface area (TPSA) is 97.2 Å². The number of hydrogen-bond acceptors (Lipinski definition) is 5. The van der Waals surface area contributed by atoms with Gasteiger partial charge in [0.2, 0.25) is 15.9 Å². The van der Waals surface area contributed by atoms with Gasteiger partial charge in [0.1, 0.15) is 0 Å². The van der Waals surface area contributed by atoms with Crippen LogP contribution in [0.15, 0.2) is 35.5 Å². The average molecular weight is 375 g/mol. The van der Waals surface area contributed by atoms with Crippen molar-refractivity contribution < 1.29 is 13.2 Å². The standard InChI is InChI=1S/C17H21N5O3S/c23-17-7-4-13-11-15(5-6-16(13)19-17)26(24,25)22-9-2-1-3-14(22)12-21-10-8-18-20-21/h5-6,8,10-11,14H,1-4,7,9,12H2,(H,19,23)/t14-/m1/s1. The molecular formula is C17H21N5O3S. The van der Waals surface area contributed by atoms with E-state index in [-0.39, 0.29) is 16.8 Å². The molecule has 0 saturated carbocycles. The minimum absolute atomic E-state index is 0.0305. The Morgan fingerprint density at radius 2 is 2.12 bits per heavy atom. The van der Waals surface area contributed by atoms with Crippen molar-refractivity contribution in [2.75, 3.05) is 11.9 Å². The number of carbonyl (C=O) groups excluding carboxylic acids is 1. The fourth-order valence-electron chi connectivity index (χ4n) is 3.67. The number of rotatable bonds is 4. The number of hydrogen-bond donors (Lipinski definition) is 1. The molecule has 2 aliphatic heterocycles. The third-order valence-corrected chi connectivity index (χ3v) is 6.97. The minimum Gasteiger partial charge on any atom is -0.326 e. The van der Waals surface area contributed by atoms with Gasteiger partial charge in [-0.2, -0.15) is 4.31 Å². The second kappa shape index (κ2) is 6.81. The van der Waals surface area contributed by atoms with Crippen molar-refractivity contribution in [3.63, 3.8) is 0 Å². The molecule has 1 fully saturated rings. The first-order valence-corrected chi connectivity index (χ1v) is 10.3. The Hall–Kier alpha value is -2.26. The predicted octanol–water partition coefficient (Wildman–Crippen LogP) is 1.41. The Labute approximate surface area is 152 Å². The van der Waals surface area contributed by atoms with Gasteiger partial charge in [-0.15, -0.1) is 5.10 Å². The van der Waals surface area contributed by atoms with Gasteiger partial charge in [-0.1, -0.05) is 11.6 Å². The number of amides is 1. The Balaban J connectivity index is 1.63. The van der Waals surface area contributed by atoms with E-state index in [0.717, 1.165) is 24.8 Å². The van der Waals surface area contributed by atoms with Crippen LogP contribution in [0.25, 0.3) is 0 Å². The van der Waals surface area contributed by atoms with E-state index in [2.05, 4.69) is 15.6 Å². The second-order valence-electron chi connectivity index (χ2n) is 6.76. The Morgan fingerprint density at radius 1 is 1.23 bits per heavy atom. The quantitative estimate of drug-likeness (QED) is 0.871. The number of aryl methyl sites for hydroxylation is 1. The van der Waals surface area contributed by atoms with Crippen LogP contribution in [-0.2, 0) is 27.8 Å². The molecule has 1 atom stereocenters. The fourth-order valence-corrected chi connectivity index (χ4v) is 5.41. The number of sulfonamides is 1. The molecule has 0 unspecified atom stereocenters. The molecule has 2 aromatic rings. The molecule has 8 nitrogen and oxygen atoms in total. The van der Waals surface area contributed by atoms with Gasteiger partial charge in [0.05, 0.1) is 17.6 Å². The lowest BCUT2D eigenvalue weighted by Crippen LogP contribution is -2.45. The van der Waals surface area contributed by atoms with Crippen molar-refractivity contribution in [1.82, 2.24) is 19.3 Å². The summed E-state index contributed by atoms with van der Waals surface area (Å²) in [4.78, 5) is 11.8.